The quantitative estimate of drug-likeness (QED) is 0.00848. The first-order valence-corrected chi connectivity index (χ1v) is 39.7. The van der Waals surface area contributed by atoms with Gasteiger partial charge >= 0.3 is 23.9 Å². The maximum Gasteiger partial charge on any atom is 0.337 e. The van der Waals surface area contributed by atoms with Gasteiger partial charge in [0.1, 0.15) is 23.5 Å². The van der Waals surface area contributed by atoms with Crippen LogP contribution in [0.2, 0.25) is 0 Å². The average Bonchev–Trinajstić information content (AvgIpc) is 1.26. The van der Waals surface area contributed by atoms with Crippen LogP contribution in [-0.2, 0) is 81.7 Å². The van der Waals surface area contributed by atoms with E-state index in [1.54, 1.807) is 164 Å². The summed E-state index contributed by atoms with van der Waals surface area (Å²) in [6.45, 7) is 4.10. The summed E-state index contributed by atoms with van der Waals surface area (Å²) in [4.78, 5) is 132. The number of fused-ring (bicyclic) bond motifs is 5. The molecule has 0 saturated carbocycles. The molecule has 7 heterocycles. The van der Waals surface area contributed by atoms with Crippen LogP contribution in [0.15, 0.2) is 249 Å². The van der Waals surface area contributed by atoms with Crippen LogP contribution in [0.1, 0.15) is 75.8 Å². The number of ether oxygens (including phenoxy) is 11. The number of rotatable bonds is 21. The minimum atomic E-state index is -0.638. The zero-order valence-electron chi connectivity index (χ0n) is 69.4. The monoisotopic (exact) mass is 1760 g/mol. The fourth-order valence-corrected chi connectivity index (χ4v) is 12.8. The van der Waals surface area contributed by atoms with Gasteiger partial charge in [-0.2, -0.15) is 0 Å². The third-order valence-electron chi connectivity index (χ3n) is 19.0. The van der Waals surface area contributed by atoms with Crippen molar-refractivity contribution in [1.29, 1.82) is 0 Å². The van der Waals surface area contributed by atoms with Crippen molar-refractivity contribution in [2.75, 3.05) is 94.4 Å². The number of pyridine rings is 5. The second-order valence-electron chi connectivity index (χ2n) is 26.7. The topological polar surface area (TPSA) is 403 Å². The van der Waals surface area contributed by atoms with E-state index in [1.807, 2.05) is 78.9 Å². The summed E-state index contributed by atoms with van der Waals surface area (Å²) >= 11 is 3.23. The standard InChI is InChI=1S/C21H21NO4.C20H20N2O4.C15H15NO5.C13H11NO4.C11H9NO3.C7H9NO.C4H7BrO2.CH4O/c1-25-18-9-5-15(6-10-18)4-3-12-22-13-11-16-7-8-17(21(24)26-2)14-19(16)20(22)23;1-26-17-8-4-14(5-9-17)3-2-11-22-12-10-15-6-7-16(19(23)21-25)13-18(15)20(22)24;1-19-15(18)11-3-2-10-4-5-16(14(17)12(10)8-11)9-13-20-6-7-21-13;1-18-13(17)10-3-2-9-4-5-14(6-7-15)12(16)11(9)8-10;1-15-11(14)8-3-2-7-4-5-12-10(13)9(7)6-8;1-9-7-4-2-6(8)3-5-7;5-3-4-6-1-2-7-4;1-2/h5-11,13-14H,3-4,12H2,1-2H3;4-10,12-13,25H,2-3,11H2,1H3,(H,21,23);2-5,8,13H,6-7,9H2,1H3;2-5,7-8H,6H2,1H3;2-6H,1H3,(H,12,13);2-5H,8H2,1H3;4H,1-3H2;2H,1H3. The first kappa shape index (κ1) is 95.7. The maximum atomic E-state index is 12.7. The number of alkyl halides is 1. The number of methoxy groups -OCH3 is 7. The summed E-state index contributed by atoms with van der Waals surface area (Å²) in [7, 11) is 11.1. The van der Waals surface area contributed by atoms with Gasteiger partial charge in [-0.15, -0.1) is 0 Å². The van der Waals surface area contributed by atoms with E-state index in [0.717, 1.165) is 101 Å². The first-order chi connectivity index (χ1) is 60.1. The molecule has 13 aromatic rings. The minimum absolute atomic E-state index is 0.00275. The summed E-state index contributed by atoms with van der Waals surface area (Å²) in [6.07, 6.45) is 12.0. The number of amides is 1. The van der Waals surface area contributed by atoms with Crippen molar-refractivity contribution in [3.05, 3.63) is 316 Å². The van der Waals surface area contributed by atoms with Gasteiger partial charge in [-0.1, -0.05) is 70.5 Å². The van der Waals surface area contributed by atoms with Crippen LogP contribution in [-0.4, -0.2) is 171 Å². The molecule has 0 bridgehead atoms. The largest absolute Gasteiger partial charge is 0.497 e. The van der Waals surface area contributed by atoms with E-state index in [9.17, 15) is 52.7 Å². The van der Waals surface area contributed by atoms with Gasteiger partial charge in [0.25, 0.3) is 33.7 Å². The van der Waals surface area contributed by atoms with Crippen LogP contribution >= 0.6 is 15.9 Å². The highest BCUT2D eigenvalue weighted by Crippen LogP contribution is 2.22. The van der Waals surface area contributed by atoms with Crippen molar-refractivity contribution >= 4 is 112 Å². The Hall–Kier alpha value is -13.7. The smallest absolute Gasteiger partial charge is 0.337 e. The van der Waals surface area contributed by atoms with Gasteiger partial charge in [-0.25, -0.2) is 24.7 Å². The molecule has 5 aromatic heterocycles. The number of aromatic nitrogens is 5. The molecule has 2 aliphatic rings. The maximum absolute atomic E-state index is 12.7. The van der Waals surface area contributed by atoms with Crippen LogP contribution in [0.4, 0.5) is 5.69 Å². The number of nitrogens with two attached hydrogens (primary N) is 1. The summed E-state index contributed by atoms with van der Waals surface area (Å²) < 4.78 is 60.7. The molecule has 2 fully saturated rings. The van der Waals surface area contributed by atoms with E-state index in [0.29, 0.717) is 88.3 Å². The van der Waals surface area contributed by atoms with Gasteiger partial charge in [-0.3, -0.25) is 34.0 Å². The Morgan fingerprint density at radius 1 is 0.435 bits per heavy atom. The molecule has 0 spiro atoms. The highest BCUT2D eigenvalue weighted by atomic mass is 79.9. The molecule has 31 nitrogen and oxygen atoms in total. The number of hydrogen-bond donors (Lipinski definition) is 5. The first-order valence-electron chi connectivity index (χ1n) is 38.6. The van der Waals surface area contributed by atoms with Gasteiger partial charge in [-0.05, 0) is 203 Å². The number of aliphatic hydroxyl groups excluding tert-OH is 1. The van der Waals surface area contributed by atoms with Crippen LogP contribution in [0, 0.1) is 0 Å². The molecule has 1 amide bonds. The van der Waals surface area contributed by atoms with Gasteiger partial charge < -0.3 is 91.0 Å². The second kappa shape index (κ2) is 49.3. The summed E-state index contributed by atoms with van der Waals surface area (Å²) in [5.41, 5.74) is 10.9. The lowest BCUT2D eigenvalue weighted by molar-refractivity contribution is -0.108. The molecular formula is C92H96BrN7O24. The summed E-state index contributed by atoms with van der Waals surface area (Å²) in [5.74, 6) is 0.00570. The fourth-order valence-electron chi connectivity index (χ4n) is 12.5. The number of nitrogens with zero attached hydrogens (tertiary/aromatic N) is 4. The van der Waals surface area contributed by atoms with Crippen molar-refractivity contribution in [2.45, 2.75) is 64.4 Å². The fraction of sp³-hybridized carbons (Fsp3) is 0.250. The van der Waals surface area contributed by atoms with Crippen molar-refractivity contribution in [1.82, 2.24) is 28.7 Å². The van der Waals surface area contributed by atoms with Crippen LogP contribution in [0.25, 0.3) is 53.9 Å². The van der Waals surface area contributed by atoms with Crippen molar-refractivity contribution in [3.8, 4) is 17.2 Å². The van der Waals surface area contributed by atoms with E-state index < -0.39 is 36.1 Å². The average molecular weight is 1760 g/mol. The molecule has 2 saturated heterocycles. The Balaban J connectivity index is 0.000000184. The molecular weight excluding hydrogens is 1670 g/mol. The number of nitrogen functional groups attached to an aromatic ring is 1. The van der Waals surface area contributed by atoms with Crippen molar-refractivity contribution < 1.29 is 91.2 Å². The molecule has 6 N–H and O–H groups in total. The zero-order valence-corrected chi connectivity index (χ0v) is 71.0. The van der Waals surface area contributed by atoms with Gasteiger partial charge in [0.15, 0.2) is 12.6 Å². The lowest BCUT2D eigenvalue weighted by Gasteiger charge is -2.12. The number of carbonyl (C=O) groups is 6. The van der Waals surface area contributed by atoms with Crippen molar-refractivity contribution in [3.63, 3.8) is 0 Å². The van der Waals surface area contributed by atoms with Gasteiger partial charge in [0.2, 0.25) is 0 Å². The van der Waals surface area contributed by atoms with E-state index in [-0.39, 0.29) is 46.2 Å². The number of aromatic amines is 1. The second-order valence-corrected chi connectivity index (χ2v) is 27.4. The number of anilines is 1. The molecule has 2 aliphatic heterocycles. The molecule has 0 atom stereocenters. The number of nitrogens with one attached hydrogen (secondary N) is 2. The third kappa shape index (κ3) is 27.1. The number of esters is 4. The Labute approximate surface area is 719 Å². The molecule has 0 unspecified atom stereocenters. The normalized spacial score (nSPS) is 11.9. The Bertz CT molecular complexity index is 5920. The number of hydroxylamine groups is 1. The molecule has 650 valence electrons. The Kier molecular flexibility index (Phi) is 38.0. The number of halogens is 1. The van der Waals surface area contributed by atoms with E-state index >= 15 is 0 Å². The van der Waals surface area contributed by atoms with E-state index in [1.165, 1.54) is 66.9 Å². The lowest BCUT2D eigenvalue weighted by Crippen LogP contribution is -2.26. The lowest BCUT2D eigenvalue weighted by atomic mass is 10.1. The number of aliphatic hydroxyl groups is 1. The highest BCUT2D eigenvalue weighted by Gasteiger charge is 2.20. The number of benzene rings is 8. The molecule has 32 heteroatoms. The Morgan fingerprint density at radius 2 is 0.758 bits per heavy atom. The Morgan fingerprint density at radius 3 is 1.11 bits per heavy atom. The number of aryl methyl sites for hydroxylation is 4. The molecule has 0 radical (unpaired) electrons. The molecule has 0 aliphatic carbocycles. The predicted octanol–water partition coefficient (Wildman–Crippen LogP) is 11.3. The van der Waals surface area contributed by atoms with Gasteiger partial charge in [0, 0.05) is 89.4 Å². The summed E-state index contributed by atoms with van der Waals surface area (Å²) in [6, 6.07) is 56.5. The molecule has 8 aromatic carbocycles. The van der Waals surface area contributed by atoms with Gasteiger partial charge in [0.05, 0.1) is 117 Å². The number of hydrogen-bond acceptors (Lipinski definition) is 25. The summed E-state index contributed by atoms with van der Waals surface area (Å²) in [5, 5.41) is 22.7. The highest BCUT2D eigenvalue weighted by molar-refractivity contribution is 9.09. The van der Waals surface area contributed by atoms with E-state index in [2.05, 4.69) is 35.1 Å². The van der Waals surface area contributed by atoms with Crippen LogP contribution < -0.4 is 53.2 Å². The SMILES string of the molecule is BrCC1OCCO1.CO.COC(=O)c1ccc2cc[nH]c(=O)c2c1.COC(=O)c1ccc2ccn(CC3OCCO3)c(=O)c2c1.COC(=O)c1ccc2ccn(CC=O)c(=O)c2c1.COC(=O)c1ccc2ccn(CCCc3ccc(OC)cc3)c(=O)c2c1.COc1ccc(CCCn2ccc3ccc(C(=O)NO)cc3c2=O)cc1.COc1ccc(N)cc1. The molecule has 124 heavy (non-hydrogen) atoms. The zero-order chi connectivity index (χ0) is 89.6. The minimum Gasteiger partial charge on any atom is -0.497 e. The number of carbonyl (C=O) groups excluding carboxylic acids is 6. The number of aldehydes is 1. The third-order valence-corrected chi connectivity index (χ3v) is 19.6. The predicted molar refractivity (Wildman–Crippen MR) is 471 cm³/mol. The number of H-pyrrole nitrogens is 1. The van der Waals surface area contributed by atoms with Crippen molar-refractivity contribution in [2.24, 2.45) is 0 Å². The van der Waals surface area contributed by atoms with Crippen LogP contribution in [0.3, 0.4) is 0 Å². The van der Waals surface area contributed by atoms with E-state index in [4.69, 9.17) is 53.9 Å². The molecule has 15 rings (SSSR count). The van der Waals surface area contributed by atoms with Crippen LogP contribution in [0.5, 0.6) is 17.2 Å².